The van der Waals surface area contributed by atoms with E-state index in [0.29, 0.717) is 24.5 Å². The summed E-state index contributed by atoms with van der Waals surface area (Å²) in [5.41, 5.74) is 4.20. The summed E-state index contributed by atoms with van der Waals surface area (Å²) in [4.78, 5) is 5.85. The Labute approximate surface area is 152 Å². The molecule has 0 bridgehead atoms. The number of hydrogen-bond acceptors (Lipinski definition) is 2. The number of nitrogens with one attached hydrogen (secondary N) is 1. The predicted octanol–water partition coefficient (Wildman–Crippen LogP) is 2.12. The fraction of sp³-hybridized carbons (Fsp3) is 0.500. The molecule has 20 heavy (non-hydrogen) atoms. The Kier molecular flexibility index (Phi) is 4.25. The van der Waals surface area contributed by atoms with Crippen LogP contribution in [-0.4, -0.2) is 41.2 Å². The summed E-state index contributed by atoms with van der Waals surface area (Å²) in [7, 11) is 2.21. The van der Waals surface area contributed by atoms with Crippen molar-refractivity contribution in [3.05, 3.63) is 35.5 Å². The molecule has 2 N–H and O–H groups in total. The molecule has 1 aromatic heterocycles. The minimum atomic E-state index is 0. The van der Waals surface area contributed by atoms with Crippen LogP contribution >= 0.6 is 0 Å². The van der Waals surface area contributed by atoms with Gasteiger partial charge in [0.15, 0.2) is 0 Å². The van der Waals surface area contributed by atoms with Gasteiger partial charge < -0.3 is 15.0 Å². The Morgan fingerprint density at radius 3 is 3.05 bits per heavy atom. The molecule has 0 spiro atoms. The number of likely N-dealkylation sites (tertiary alicyclic amines) is 1. The Hall–Kier alpha value is 0.0436. The third-order valence-corrected chi connectivity index (χ3v) is 5.07. The molecule has 2 heterocycles. The van der Waals surface area contributed by atoms with Crippen molar-refractivity contribution in [2.24, 2.45) is 5.92 Å². The molecule has 1 aliphatic heterocycles. The van der Waals surface area contributed by atoms with Crippen molar-refractivity contribution in [3.8, 4) is 0 Å². The van der Waals surface area contributed by atoms with E-state index in [1.165, 1.54) is 22.0 Å². The molecule has 2 aromatic rings. The quantitative estimate of drug-likeness (QED) is 0.774. The van der Waals surface area contributed by atoms with Gasteiger partial charge in [-0.2, -0.15) is 0 Å². The van der Waals surface area contributed by atoms with E-state index in [9.17, 15) is 5.11 Å². The molecule has 1 fully saturated rings. The number of aromatic amines is 1. The number of rotatable bonds is 1. The Morgan fingerprint density at radius 1 is 1.40 bits per heavy atom. The van der Waals surface area contributed by atoms with E-state index < -0.39 is 0 Å². The summed E-state index contributed by atoms with van der Waals surface area (Å²) >= 11 is 0. The second-order valence-corrected chi connectivity index (χ2v) is 6.19. The topological polar surface area (TPSA) is 39.3 Å². The number of piperidine rings is 1. The molecule has 1 saturated heterocycles. The molecular formula is C16H20N2OPr. The Morgan fingerprint density at radius 2 is 2.25 bits per heavy atom. The largest absolute Gasteiger partial charge is 0.396 e. The smallest absolute Gasteiger partial charge is 0.0471 e. The number of likely N-dealkylation sites (N-methyl/N-ethyl adjacent to an activating group) is 1. The summed E-state index contributed by atoms with van der Waals surface area (Å²) in [6.45, 7) is 1.33. The predicted molar refractivity (Wildman–Crippen MR) is 76.4 cm³/mol. The van der Waals surface area contributed by atoms with Crippen LogP contribution in [0.5, 0.6) is 0 Å². The van der Waals surface area contributed by atoms with Gasteiger partial charge in [0.05, 0.1) is 0 Å². The molecule has 0 saturated carbocycles. The first kappa shape index (κ1) is 15.0. The normalized spacial score (nSPS) is 29.0. The molecule has 4 rings (SSSR count). The van der Waals surface area contributed by atoms with Crippen molar-refractivity contribution in [2.45, 2.75) is 24.8 Å². The summed E-state index contributed by atoms with van der Waals surface area (Å²) in [5, 5.41) is 11.0. The maximum atomic E-state index is 9.52. The van der Waals surface area contributed by atoms with E-state index in [0.717, 1.165) is 19.4 Å². The molecule has 2 aliphatic rings. The van der Waals surface area contributed by atoms with Crippen LogP contribution in [0, 0.1) is 47.2 Å². The van der Waals surface area contributed by atoms with Crippen LogP contribution in [0.3, 0.4) is 0 Å². The Balaban J connectivity index is 0.00000121. The number of fused-ring (bicyclic) bond motifs is 2. The summed E-state index contributed by atoms with van der Waals surface area (Å²) in [6, 6.07) is 7.20. The van der Waals surface area contributed by atoms with Crippen LogP contribution < -0.4 is 0 Å². The van der Waals surface area contributed by atoms with Crippen LogP contribution in [0.2, 0.25) is 0 Å². The third kappa shape index (κ3) is 2.18. The van der Waals surface area contributed by atoms with E-state index >= 15 is 0 Å². The zero-order valence-electron chi connectivity index (χ0n) is 11.8. The number of aromatic nitrogens is 1. The monoisotopic (exact) mass is 397 g/mol. The van der Waals surface area contributed by atoms with Gasteiger partial charge in [-0.1, -0.05) is 12.1 Å². The van der Waals surface area contributed by atoms with Crippen molar-refractivity contribution >= 4 is 10.9 Å². The van der Waals surface area contributed by atoms with Gasteiger partial charge in [0, 0.05) is 83.5 Å². The van der Waals surface area contributed by atoms with Crippen molar-refractivity contribution in [2.75, 3.05) is 20.2 Å². The molecule has 103 valence electrons. The van der Waals surface area contributed by atoms with Crippen molar-refractivity contribution in [3.63, 3.8) is 0 Å². The van der Waals surface area contributed by atoms with Crippen molar-refractivity contribution in [1.29, 1.82) is 0 Å². The van der Waals surface area contributed by atoms with Crippen molar-refractivity contribution in [1.82, 2.24) is 9.88 Å². The fourth-order valence-corrected chi connectivity index (χ4v) is 4.19. The maximum Gasteiger partial charge on any atom is 0.0471 e. The number of H-pyrrole nitrogens is 1. The van der Waals surface area contributed by atoms with E-state index in [4.69, 9.17) is 0 Å². The van der Waals surface area contributed by atoms with Gasteiger partial charge in [0.1, 0.15) is 0 Å². The van der Waals surface area contributed by atoms with E-state index in [-0.39, 0.29) is 41.3 Å². The average Bonchev–Trinajstić information content (AvgIpc) is 2.85. The van der Waals surface area contributed by atoms with Gasteiger partial charge in [0.25, 0.3) is 0 Å². The number of aliphatic hydroxyl groups excluding tert-OH is 1. The third-order valence-electron chi connectivity index (χ3n) is 5.07. The van der Waals surface area contributed by atoms with Crippen LogP contribution in [0.25, 0.3) is 10.9 Å². The van der Waals surface area contributed by atoms with Gasteiger partial charge in [-0.25, -0.2) is 0 Å². The molecule has 0 amide bonds. The molecular weight excluding hydrogens is 377 g/mol. The first-order valence-corrected chi connectivity index (χ1v) is 7.18. The van der Waals surface area contributed by atoms with Gasteiger partial charge >= 0.3 is 0 Å². The zero-order chi connectivity index (χ0) is 13.0. The summed E-state index contributed by atoms with van der Waals surface area (Å²) in [6.07, 6.45) is 4.43. The number of benzene rings is 1. The van der Waals surface area contributed by atoms with Crippen LogP contribution in [0.4, 0.5) is 0 Å². The van der Waals surface area contributed by atoms with Crippen LogP contribution in [0.15, 0.2) is 24.4 Å². The van der Waals surface area contributed by atoms with Gasteiger partial charge in [-0.15, -0.1) is 0 Å². The van der Waals surface area contributed by atoms with Crippen molar-refractivity contribution < 1.29 is 46.4 Å². The SMILES string of the molecule is CN1CC(CO)CC2c3cccc4[nH]cc(c34)CC21.[Pr]. The molecule has 1 radical (unpaired) electrons. The molecule has 4 heteroatoms. The molecule has 3 unspecified atom stereocenters. The molecule has 3 atom stereocenters. The van der Waals surface area contributed by atoms with E-state index in [1.54, 1.807) is 0 Å². The first-order chi connectivity index (χ1) is 9.28. The van der Waals surface area contributed by atoms with Gasteiger partial charge in [-0.3, -0.25) is 0 Å². The van der Waals surface area contributed by atoms with Gasteiger partial charge in [-0.05, 0) is 43.0 Å². The number of nitrogens with zero attached hydrogens (tertiary/aromatic N) is 1. The van der Waals surface area contributed by atoms with Crippen LogP contribution in [-0.2, 0) is 6.42 Å². The Bertz CT molecular complexity index is 624. The summed E-state index contributed by atoms with van der Waals surface area (Å²) in [5.74, 6) is 0.991. The molecule has 1 aliphatic carbocycles. The average molecular weight is 397 g/mol. The van der Waals surface area contributed by atoms with Gasteiger partial charge in [0.2, 0.25) is 0 Å². The standard InChI is InChI=1S/C16H20N2O.Pr/c1-18-8-10(9-19)5-13-12-3-2-4-14-16(12)11(7-17-14)6-15(13)18;/h2-4,7,10,13,15,17,19H,5-6,8-9H2,1H3;. The maximum absolute atomic E-state index is 9.52. The van der Waals surface area contributed by atoms with Crippen LogP contribution in [0.1, 0.15) is 23.5 Å². The minimum Gasteiger partial charge on any atom is -0.396 e. The second kappa shape index (κ2) is 5.68. The number of aliphatic hydroxyl groups is 1. The second-order valence-electron chi connectivity index (χ2n) is 6.19. The molecule has 3 nitrogen and oxygen atoms in total. The summed E-state index contributed by atoms with van der Waals surface area (Å²) < 4.78 is 0. The molecule has 1 aromatic carbocycles. The van der Waals surface area contributed by atoms with E-state index in [1.807, 2.05) is 0 Å². The zero-order valence-corrected chi connectivity index (χ0v) is 15.5. The van der Waals surface area contributed by atoms with E-state index in [2.05, 4.69) is 41.3 Å². The fourth-order valence-electron chi connectivity index (χ4n) is 4.19. The number of hydrogen-bond donors (Lipinski definition) is 2. The first-order valence-electron chi connectivity index (χ1n) is 7.18. The minimum absolute atomic E-state index is 0.